The lowest BCUT2D eigenvalue weighted by Crippen LogP contribution is -2.69. The molecule has 30 heavy (non-hydrogen) atoms. The molecule has 2 aromatic carbocycles. The summed E-state index contributed by atoms with van der Waals surface area (Å²) in [6, 6.07) is 13.0. The van der Waals surface area contributed by atoms with Crippen molar-refractivity contribution in [2.75, 3.05) is 7.11 Å². The van der Waals surface area contributed by atoms with E-state index in [9.17, 15) is 9.59 Å². The van der Waals surface area contributed by atoms with Crippen LogP contribution >= 0.6 is 0 Å². The van der Waals surface area contributed by atoms with Gasteiger partial charge in [0.2, 0.25) is 0 Å². The zero-order valence-electron chi connectivity index (χ0n) is 17.6. The highest BCUT2D eigenvalue weighted by Gasteiger charge is 2.49. The molecule has 7 nitrogen and oxygen atoms in total. The van der Waals surface area contributed by atoms with Crippen LogP contribution in [0.4, 0.5) is 4.79 Å². The molecule has 1 fully saturated rings. The number of rotatable bonds is 3. The van der Waals surface area contributed by atoms with Gasteiger partial charge in [-0.25, -0.2) is 4.79 Å². The molecular formula is C23H26N2O5. The van der Waals surface area contributed by atoms with Crippen molar-refractivity contribution in [3.05, 3.63) is 53.6 Å². The Labute approximate surface area is 175 Å². The minimum Gasteiger partial charge on any atom is -0.497 e. The first kappa shape index (κ1) is 20.1. The zero-order valence-corrected chi connectivity index (χ0v) is 17.6. The van der Waals surface area contributed by atoms with Gasteiger partial charge < -0.3 is 24.8 Å². The van der Waals surface area contributed by atoms with Gasteiger partial charge in [0.15, 0.2) is 5.72 Å². The summed E-state index contributed by atoms with van der Waals surface area (Å²) < 4.78 is 16.9. The van der Waals surface area contributed by atoms with E-state index in [0.29, 0.717) is 24.3 Å². The molecule has 0 bridgehead atoms. The highest BCUT2D eigenvalue weighted by Crippen LogP contribution is 2.47. The molecule has 1 spiro atoms. The predicted molar refractivity (Wildman–Crippen MR) is 111 cm³/mol. The molecule has 2 aliphatic heterocycles. The Morgan fingerprint density at radius 2 is 1.80 bits per heavy atom. The van der Waals surface area contributed by atoms with Crippen molar-refractivity contribution < 1.29 is 23.8 Å². The molecule has 1 saturated heterocycles. The first-order valence-electron chi connectivity index (χ1n) is 9.94. The molecule has 0 saturated carbocycles. The Hall–Kier alpha value is -3.22. The Kier molecular flexibility index (Phi) is 4.84. The van der Waals surface area contributed by atoms with Crippen molar-refractivity contribution in [1.82, 2.24) is 10.6 Å². The van der Waals surface area contributed by atoms with E-state index in [-0.39, 0.29) is 11.9 Å². The fourth-order valence-corrected chi connectivity index (χ4v) is 4.48. The summed E-state index contributed by atoms with van der Waals surface area (Å²) in [5.41, 5.74) is 0.758. The van der Waals surface area contributed by atoms with Crippen LogP contribution in [-0.2, 0) is 4.79 Å². The van der Waals surface area contributed by atoms with Gasteiger partial charge in [-0.15, -0.1) is 0 Å². The van der Waals surface area contributed by atoms with E-state index in [2.05, 4.69) is 10.6 Å². The van der Waals surface area contributed by atoms with E-state index in [1.165, 1.54) is 6.92 Å². The number of ether oxygens (including phenoxy) is 3. The van der Waals surface area contributed by atoms with Crippen LogP contribution in [0.3, 0.4) is 0 Å². The third-order valence-electron chi connectivity index (χ3n) is 5.50. The van der Waals surface area contributed by atoms with Crippen LogP contribution < -0.4 is 24.8 Å². The maximum Gasteiger partial charge on any atom is 0.318 e. The van der Waals surface area contributed by atoms with Crippen LogP contribution in [0.5, 0.6) is 17.2 Å². The molecule has 7 heteroatoms. The number of urea groups is 1. The molecule has 0 radical (unpaired) electrons. The van der Waals surface area contributed by atoms with E-state index in [1.807, 2.05) is 44.2 Å². The van der Waals surface area contributed by atoms with Gasteiger partial charge in [-0.3, -0.25) is 4.79 Å². The lowest BCUT2D eigenvalue weighted by molar-refractivity contribution is -0.131. The van der Waals surface area contributed by atoms with Gasteiger partial charge in [0, 0.05) is 42.9 Å². The zero-order chi connectivity index (χ0) is 21.5. The topological polar surface area (TPSA) is 85.9 Å². The number of esters is 1. The van der Waals surface area contributed by atoms with Gasteiger partial charge in [-0.1, -0.05) is 18.2 Å². The number of methoxy groups -OCH3 is 1. The molecular weight excluding hydrogens is 384 g/mol. The number of fused-ring (bicyclic) bond motifs is 1. The highest BCUT2D eigenvalue weighted by molar-refractivity contribution is 5.77. The smallest absolute Gasteiger partial charge is 0.318 e. The van der Waals surface area contributed by atoms with Crippen LogP contribution in [0.25, 0.3) is 0 Å². The number of carbonyl (C=O) groups excluding carboxylic acids is 2. The van der Waals surface area contributed by atoms with Gasteiger partial charge in [0.25, 0.3) is 0 Å². The maximum absolute atomic E-state index is 12.4. The summed E-state index contributed by atoms with van der Waals surface area (Å²) >= 11 is 0. The van der Waals surface area contributed by atoms with Crippen molar-refractivity contribution in [3.63, 3.8) is 0 Å². The fourth-order valence-electron chi connectivity index (χ4n) is 4.48. The largest absolute Gasteiger partial charge is 0.497 e. The van der Waals surface area contributed by atoms with Crippen molar-refractivity contribution in [2.45, 2.75) is 50.8 Å². The molecule has 0 aromatic heterocycles. The summed E-state index contributed by atoms with van der Waals surface area (Å²) in [4.78, 5) is 23.8. The van der Waals surface area contributed by atoms with Crippen LogP contribution in [0.2, 0.25) is 0 Å². The number of benzene rings is 2. The number of amides is 2. The number of hydrogen-bond donors (Lipinski definition) is 2. The molecule has 2 atom stereocenters. The quantitative estimate of drug-likeness (QED) is 0.595. The second-order valence-electron chi connectivity index (χ2n) is 8.56. The summed E-state index contributed by atoms with van der Waals surface area (Å²) in [6.45, 7) is 5.31. The first-order valence-corrected chi connectivity index (χ1v) is 9.94. The third-order valence-corrected chi connectivity index (χ3v) is 5.50. The molecule has 2 unspecified atom stereocenters. The molecule has 4 rings (SSSR count). The van der Waals surface area contributed by atoms with Gasteiger partial charge in [-0.05, 0) is 37.6 Å². The first-order chi connectivity index (χ1) is 14.2. The molecule has 158 valence electrons. The Morgan fingerprint density at radius 3 is 2.43 bits per heavy atom. The minimum absolute atomic E-state index is 0.0137. The lowest BCUT2D eigenvalue weighted by atomic mass is 9.77. The van der Waals surface area contributed by atoms with E-state index < -0.39 is 17.2 Å². The van der Waals surface area contributed by atoms with Gasteiger partial charge in [0.1, 0.15) is 17.2 Å². The lowest BCUT2D eigenvalue weighted by Gasteiger charge is -2.49. The highest BCUT2D eigenvalue weighted by atomic mass is 16.5. The Bertz CT molecular complexity index is 986. The molecule has 2 aromatic rings. The van der Waals surface area contributed by atoms with Crippen LogP contribution in [0.1, 0.15) is 50.7 Å². The Morgan fingerprint density at radius 1 is 1.10 bits per heavy atom. The summed E-state index contributed by atoms with van der Waals surface area (Å²) in [5.74, 6) is 1.37. The number of carbonyl (C=O) groups is 2. The average Bonchev–Trinajstić information content (AvgIpc) is 2.65. The average molecular weight is 410 g/mol. The van der Waals surface area contributed by atoms with Crippen molar-refractivity contribution in [2.24, 2.45) is 0 Å². The van der Waals surface area contributed by atoms with Gasteiger partial charge in [-0.2, -0.15) is 0 Å². The fraction of sp³-hybridized carbons (Fsp3) is 0.391. The standard InChI is InChI=1S/C23H26N2O5/c1-14(26)29-17-9-10-18-19(15-5-7-16(28-4)8-6-15)12-23(30-20(18)11-17)13-22(2,3)24-21(27)25-23/h5-11,19H,12-13H2,1-4H3,(H2,24,25,27). The molecule has 2 N–H and O–H groups in total. The Balaban J connectivity index is 1.79. The maximum atomic E-state index is 12.4. The summed E-state index contributed by atoms with van der Waals surface area (Å²) in [6.07, 6.45) is 1.16. The van der Waals surface area contributed by atoms with E-state index in [0.717, 1.165) is 16.9 Å². The minimum atomic E-state index is -0.877. The van der Waals surface area contributed by atoms with Crippen molar-refractivity contribution >= 4 is 12.0 Å². The third kappa shape index (κ3) is 3.92. The van der Waals surface area contributed by atoms with Crippen LogP contribution in [0, 0.1) is 0 Å². The van der Waals surface area contributed by atoms with Crippen molar-refractivity contribution in [1.29, 1.82) is 0 Å². The van der Waals surface area contributed by atoms with Crippen LogP contribution in [-0.4, -0.2) is 30.4 Å². The summed E-state index contributed by atoms with van der Waals surface area (Å²) in [5, 5.41) is 5.95. The SMILES string of the molecule is COc1ccc(C2CC3(CC(C)(C)NC(=O)N3)Oc3cc(OC(C)=O)ccc32)cc1. The molecule has 2 amide bonds. The number of nitrogens with one attached hydrogen (secondary N) is 2. The molecule has 2 heterocycles. The summed E-state index contributed by atoms with van der Waals surface area (Å²) in [7, 11) is 1.64. The molecule has 0 aliphatic carbocycles. The monoisotopic (exact) mass is 410 g/mol. The van der Waals surface area contributed by atoms with Gasteiger partial charge >= 0.3 is 12.0 Å². The second-order valence-corrected chi connectivity index (χ2v) is 8.56. The predicted octanol–water partition coefficient (Wildman–Crippen LogP) is 3.71. The number of hydrogen-bond acceptors (Lipinski definition) is 5. The van der Waals surface area contributed by atoms with Gasteiger partial charge in [0.05, 0.1) is 7.11 Å². The van der Waals surface area contributed by atoms with Crippen molar-refractivity contribution in [3.8, 4) is 17.2 Å². The van der Waals surface area contributed by atoms with Crippen LogP contribution in [0.15, 0.2) is 42.5 Å². The second kappa shape index (κ2) is 7.23. The van der Waals surface area contributed by atoms with E-state index in [4.69, 9.17) is 14.2 Å². The van der Waals surface area contributed by atoms with E-state index in [1.54, 1.807) is 19.2 Å². The molecule has 2 aliphatic rings. The normalized spacial score (nSPS) is 24.1. The van der Waals surface area contributed by atoms with E-state index >= 15 is 0 Å².